The van der Waals surface area contributed by atoms with E-state index < -0.39 is 0 Å². The zero-order valence-electron chi connectivity index (χ0n) is 17.9. The first-order chi connectivity index (χ1) is 15.6. The monoisotopic (exact) mass is 431 g/mol. The number of fused-ring (bicyclic) bond motifs is 1. The maximum absolute atomic E-state index is 12.4. The molecule has 0 bridgehead atoms. The predicted molar refractivity (Wildman–Crippen MR) is 120 cm³/mol. The molecule has 1 fully saturated rings. The van der Waals surface area contributed by atoms with Crippen LogP contribution in [0.2, 0.25) is 0 Å². The molecule has 4 aromatic rings. The van der Waals surface area contributed by atoms with E-state index in [1.807, 2.05) is 52.0 Å². The zero-order valence-corrected chi connectivity index (χ0v) is 17.9. The van der Waals surface area contributed by atoms with Crippen LogP contribution >= 0.6 is 0 Å². The number of hydrogen-bond donors (Lipinski definition) is 1. The summed E-state index contributed by atoms with van der Waals surface area (Å²) in [5.74, 6) is 0.0762. The molecule has 5 rings (SSSR count). The van der Waals surface area contributed by atoms with Crippen molar-refractivity contribution in [1.29, 1.82) is 0 Å². The molecule has 1 aliphatic rings. The molecule has 0 spiro atoms. The summed E-state index contributed by atoms with van der Waals surface area (Å²) in [6, 6.07) is 11.9. The number of carbonyl (C=O) groups excluding carboxylic acids is 1. The van der Waals surface area contributed by atoms with Gasteiger partial charge in [-0.1, -0.05) is 23.4 Å². The molecule has 9 heteroatoms. The number of amides is 1. The van der Waals surface area contributed by atoms with Crippen molar-refractivity contribution in [3.63, 3.8) is 0 Å². The number of hydrogen-bond acceptors (Lipinski definition) is 6. The lowest BCUT2D eigenvalue weighted by Gasteiger charge is -2.27. The van der Waals surface area contributed by atoms with Crippen molar-refractivity contribution in [2.24, 2.45) is 0 Å². The molecular formula is C23H25N7O2. The Bertz CT molecular complexity index is 1240. The van der Waals surface area contributed by atoms with Crippen LogP contribution in [0.25, 0.3) is 16.9 Å². The third kappa shape index (κ3) is 4.47. The Labute approximate surface area is 185 Å². The van der Waals surface area contributed by atoms with Crippen molar-refractivity contribution in [2.75, 3.05) is 38.2 Å². The Morgan fingerprint density at radius 3 is 2.88 bits per heavy atom. The minimum absolute atomic E-state index is 0.0762. The molecule has 1 saturated heterocycles. The molecule has 1 aromatic carbocycles. The Morgan fingerprint density at radius 2 is 2.00 bits per heavy atom. The van der Waals surface area contributed by atoms with Crippen LogP contribution in [0.15, 0.2) is 55.0 Å². The van der Waals surface area contributed by atoms with E-state index in [1.165, 1.54) is 5.56 Å². The molecule has 1 N–H and O–H groups in total. The number of nitrogens with zero attached hydrogens (tertiary/aromatic N) is 6. The van der Waals surface area contributed by atoms with E-state index in [-0.39, 0.29) is 12.5 Å². The molecule has 0 atom stereocenters. The first-order valence-corrected chi connectivity index (χ1v) is 10.7. The summed E-state index contributed by atoms with van der Waals surface area (Å²) >= 11 is 0. The molecule has 0 unspecified atom stereocenters. The Kier molecular flexibility index (Phi) is 5.55. The minimum atomic E-state index is 0.0762. The standard InChI is InChI=1S/C23H25N7O2/c1-17-5-6-22-25-20(14-29(22)13-17)15-30-16-21(26-27-30)18-3-2-4-19(11-18)24-12-23(31)28-7-9-32-10-8-28/h2-6,11,13-14,16,24H,7-10,12,15H2,1H3. The lowest BCUT2D eigenvalue weighted by Crippen LogP contribution is -2.43. The van der Waals surface area contributed by atoms with Crippen molar-refractivity contribution in [3.05, 3.63) is 66.2 Å². The second kappa shape index (κ2) is 8.80. The van der Waals surface area contributed by atoms with Crippen LogP contribution in [-0.4, -0.2) is 68.0 Å². The predicted octanol–water partition coefficient (Wildman–Crippen LogP) is 2.22. The first-order valence-electron chi connectivity index (χ1n) is 10.7. The van der Waals surface area contributed by atoms with Gasteiger partial charge in [0.25, 0.3) is 0 Å². The number of morpholine rings is 1. The number of nitrogens with one attached hydrogen (secondary N) is 1. The van der Waals surface area contributed by atoms with E-state index in [1.54, 1.807) is 4.68 Å². The van der Waals surface area contributed by atoms with Crippen molar-refractivity contribution < 1.29 is 9.53 Å². The number of carbonyl (C=O) groups is 1. The van der Waals surface area contributed by atoms with Gasteiger partial charge in [0.2, 0.25) is 5.91 Å². The minimum Gasteiger partial charge on any atom is -0.378 e. The fourth-order valence-corrected chi connectivity index (χ4v) is 3.80. The van der Waals surface area contributed by atoms with Crippen LogP contribution in [0.4, 0.5) is 5.69 Å². The number of pyridine rings is 1. The Balaban J connectivity index is 1.24. The van der Waals surface area contributed by atoms with Gasteiger partial charge in [0.15, 0.2) is 0 Å². The van der Waals surface area contributed by atoms with Gasteiger partial charge in [-0.2, -0.15) is 0 Å². The van der Waals surface area contributed by atoms with Crippen molar-refractivity contribution in [2.45, 2.75) is 13.5 Å². The van der Waals surface area contributed by atoms with Gasteiger partial charge in [-0.25, -0.2) is 9.67 Å². The van der Waals surface area contributed by atoms with Gasteiger partial charge in [-0.3, -0.25) is 4.79 Å². The van der Waals surface area contributed by atoms with E-state index in [0.29, 0.717) is 32.8 Å². The van der Waals surface area contributed by atoms with E-state index >= 15 is 0 Å². The average molecular weight is 432 g/mol. The molecule has 1 aliphatic heterocycles. The third-order valence-electron chi connectivity index (χ3n) is 5.48. The van der Waals surface area contributed by atoms with Gasteiger partial charge in [0, 0.05) is 36.7 Å². The lowest BCUT2D eigenvalue weighted by molar-refractivity contribution is -0.133. The number of rotatable bonds is 6. The molecular weight excluding hydrogens is 406 g/mol. The van der Waals surface area contributed by atoms with Gasteiger partial charge in [0.1, 0.15) is 11.3 Å². The highest BCUT2D eigenvalue weighted by Crippen LogP contribution is 2.21. The molecule has 32 heavy (non-hydrogen) atoms. The zero-order chi connectivity index (χ0) is 21.9. The quantitative estimate of drug-likeness (QED) is 0.504. The number of aryl methyl sites for hydroxylation is 1. The highest BCUT2D eigenvalue weighted by molar-refractivity contribution is 5.81. The smallest absolute Gasteiger partial charge is 0.242 e. The van der Waals surface area contributed by atoms with E-state index in [4.69, 9.17) is 4.74 Å². The topological polar surface area (TPSA) is 89.6 Å². The van der Waals surface area contributed by atoms with Crippen LogP contribution in [-0.2, 0) is 16.1 Å². The summed E-state index contributed by atoms with van der Waals surface area (Å²) in [4.78, 5) is 18.8. The van der Waals surface area contributed by atoms with Crippen LogP contribution < -0.4 is 5.32 Å². The van der Waals surface area contributed by atoms with Crippen molar-refractivity contribution >= 4 is 17.2 Å². The van der Waals surface area contributed by atoms with Gasteiger partial charge in [-0.15, -0.1) is 5.10 Å². The summed E-state index contributed by atoms with van der Waals surface area (Å²) in [5, 5.41) is 11.8. The second-order valence-corrected chi connectivity index (χ2v) is 7.93. The molecule has 1 amide bonds. The van der Waals surface area contributed by atoms with Crippen LogP contribution in [0.1, 0.15) is 11.3 Å². The second-order valence-electron chi connectivity index (χ2n) is 7.93. The molecule has 0 aliphatic carbocycles. The Morgan fingerprint density at radius 1 is 1.12 bits per heavy atom. The number of anilines is 1. The third-order valence-corrected chi connectivity index (χ3v) is 5.48. The van der Waals surface area contributed by atoms with Gasteiger partial charge in [-0.05, 0) is 30.7 Å². The highest BCUT2D eigenvalue weighted by atomic mass is 16.5. The maximum Gasteiger partial charge on any atom is 0.242 e. The molecule has 0 saturated carbocycles. The van der Waals surface area contributed by atoms with Crippen LogP contribution in [0.3, 0.4) is 0 Å². The first kappa shape index (κ1) is 20.2. The normalized spacial score (nSPS) is 14.1. The fourth-order valence-electron chi connectivity index (χ4n) is 3.80. The summed E-state index contributed by atoms with van der Waals surface area (Å²) in [7, 11) is 0. The maximum atomic E-state index is 12.4. The van der Waals surface area contributed by atoms with Crippen LogP contribution in [0, 0.1) is 6.92 Å². The SMILES string of the molecule is Cc1ccc2nc(Cn3cc(-c4cccc(NCC(=O)N5CCOCC5)c4)nn3)cn2c1. The van der Waals surface area contributed by atoms with E-state index in [2.05, 4.69) is 39.8 Å². The summed E-state index contributed by atoms with van der Waals surface area (Å²) in [6.07, 6.45) is 5.98. The van der Waals surface area contributed by atoms with Crippen LogP contribution in [0.5, 0.6) is 0 Å². The molecule has 9 nitrogen and oxygen atoms in total. The molecule has 164 valence electrons. The lowest BCUT2D eigenvalue weighted by atomic mass is 10.1. The molecule has 4 heterocycles. The summed E-state index contributed by atoms with van der Waals surface area (Å²) < 4.78 is 9.11. The van der Waals surface area contributed by atoms with Gasteiger partial charge >= 0.3 is 0 Å². The summed E-state index contributed by atoms with van der Waals surface area (Å²) in [5.41, 5.74) is 5.60. The highest BCUT2D eigenvalue weighted by Gasteiger charge is 2.16. The molecule has 3 aromatic heterocycles. The summed E-state index contributed by atoms with van der Waals surface area (Å²) in [6.45, 7) is 5.36. The van der Waals surface area contributed by atoms with Gasteiger partial charge in [0.05, 0.1) is 38.2 Å². The van der Waals surface area contributed by atoms with E-state index in [0.717, 1.165) is 28.3 Å². The average Bonchev–Trinajstić information content (AvgIpc) is 3.44. The number of aromatic nitrogens is 5. The number of imidazole rings is 1. The van der Waals surface area contributed by atoms with E-state index in [9.17, 15) is 4.79 Å². The number of benzene rings is 1. The molecule has 0 radical (unpaired) electrons. The largest absolute Gasteiger partial charge is 0.378 e. The Hall–Kier alpha value is -3.72. The van der Waals surface area contributed by atoms with Crippen molar-refractivity contribution in [3.8, 4) is 11.3 Å². The fraction of sp³-hybridized carbons (Fsp3) is 0.304. The number of ether oxygens (including phenoxy) is 1. The van der Waals surface area contributed by atoms with Crippen molar-refractivity contribution in [1.82, 2.24) is 29.3 Å². The van der Waals surface area contributed by atoms with Gasteiger partial charge < -0.3 is 19.4 Å².